The molecular formula is C5H8O5S. The van der Waals surface area contributed by atoms with Gasteiger partial charge in [0.2, 0.25) is 0 Å². The molecule has 0 saturated carbocycles. The summed E-state index contributed by atoms with van der Waals surface area (Å²) < 4.78 is 36.4. The van der Waals surface area contributed by atoms with Crippen LogP contribution in [0.15, 0.2) is 24.5 Å². The molecule has 0 aromatic carbocycles. The number of allylic oxidation sites excluding steroid dienone is 2. The van der Waals surface area contributed by atoms with Crippen molar-refractivity contribution in [2.45, 2.75) is 0 Å². The van der Waals surface area contributed by atoms with E-state index in [1.165, 1.54) is 0 Å². The van der Waals surface area contributed by atoms with Gasteiger partial charge in [0.1, 0.15) is 6.61 Å². The molecule has 2 N–H and O–H groups in total. The third-order valence-electron chi connectivity index (χ3n) is 0.614. The van der Waals surface area contributed by atoms with Gasteiger partial charge in [-0.05, 0) is 12.2 Å². The molecule has 6 heteroatoms. The first-order chi connectivity index (χ1) is 5.00. The summed E-state index contributed by atoms with van der Waals surface area (Å²) in [6.07, 6.45) is 7.47. The van der Waals surface area contributed by atoms with Crippen molar-refractivity contribution in [1.82, 2.24) is 0 Å². The van der Waals surface area contributed by atoms with Crippen LogP contribution < -0.4 is 0 Å². The van der Waals surface area contributed by atoms with Gasteiger partial charge in [0.25, 0.3) is 0 Å². The highest BCUT2D eigenvalue weighted by Crippen LogP contribution is 1.87. The number of hydrogen-bond acceptors (Lipinski definition) is 3. The van der Waals surface area contributed by atoms with Crippen LogP contribution in [0.5, 0.6) is 0 Å². The van der Waals surface area contributed by atoms with Crippen LogP contribution in [0.3, 0.4) is 0 Å². The fourth-order valence-electron chi connectivity index (χ4n) is 0.346. The molecule has 0 unspecified atom stereocenters. The maximum Gasteiger partial charge on any atom is 0.394 e. The topological polar surface area (TPSA) is 83.8 Å². The zero-order valence-corrected chi connectivity index (χ0v) is 6.36. The second-order valence-corrected chi connectivity index (χ2v) is 2.43. The molecule has 1 aliphatic heterocycles. The zero-order valence-electron chi connectivity index (χ0n) is 5.54. The molecule has 0 atom stereocenters. The van der Waals surface area contributed by atoms with E-state index in [2.05, 4.69) is 0 Å². The van der Waals surface area contributed by atoms with E-state index in [1.807, 2.05) is 18.2 Å². The Morgan fingerprint density at radius 3 is 1.91 bits per heavy atom. The van der Waals surface area contributed by atoms with Crippen molar-refractivity contribution in [2.75, 3.05) is 6.61 Å². The molecule has 11 heavy (non-hydrogen) atoms. The van der Waals surface area contributed by atoms with Crippen molar-refractivity contribution in [1.29, 1.82) is 0 Å². The van der Waals surface area contributed by atoms with Gasteiger partial charge in [-0.1, -0.05) is 6.08 Å². The fraction of sp³-hybridized carbons (Fsp3) is 0.200. The molecule has 1 heterocycles. The summed E-state index contributed by atoms with van der Waals surface area (Å²) in [7, 11) is -4.67. The Kier molecular flexibility index (Phi) is 4.51. The molecule has 0 aliphatic carbocycles. The summed E-state index contributed by atoms with van der Waals surface area (Å²) in [5.74, 6) is 0. The Hall–Kier alpha value is -0.850. The van der Waals surface area contributed by atoms with E-state index in [-0.39, 0.29) is 0 Å². The van der Waals surface area contributed by atoms with Crippen LogP contribution in [-0.2, 0) is 15.1 Å². The van der Waals surface area contributed by atoms with E-state index < -0.39 is 10.4 Å². The van der Waals surface area contributed by atoms with Gasteiger partial charge in [0, 0.05) is 0 Å². The average Bonchev–Trinajstić information content (AvgIpc) is 1.88. The SMILES string of the molecule is C1=CCOC=C1.O=S(=O)(O)O. The lowest BCUT2D eigenvalue weighted by atomic mass is 10.5. The smallest absolute Gasteiger partial charge is 0.394 e. The van der Waals surface area contributed by atoms with Crippen LogP contribution in [0, 0.1) is 0 Å². The van der Waals surface area contributed by atoms with Crippen molar-refractivity contribution < 1.29 is 22.3 Å². The van der Waals surface area contributed by atoms with Crippen LogP contribution in [0.2, 0.25) is 0 Å². The summed E-state index contributed by atoms with van der Waals surface area (Å²) in [6, 6.07) is 0. The second-order valence-electron chi connectivity index (χ2n) is 1.54. The largest absolute Gasteiger partial charge is 0.497 e. The molecular weight excluding hydrogens is 172 g/mol. The Labute approximate surface area is 64.6 Å². The highest BCUT2D eigenvalue weighted by Gasteiger charge is 1.84. The maximum absolute atomic E-state index is 8.74. The Morgan fingerprint density at radius 1 is 1.27 bits per heavy atom. The summed E-state index contributed by atoms with van der Waals surface area (Å²) >= 11 is 0. The summed E-state index contributed by atoms with van der Waals surface area (Å²) in [6.45, 7) is 0.733. The normalized spacial score (nSPS) is 14.7. The van der Waals surface area contributed by atoms with Crippen LogP contribution >= 0.6 is 0 Å². The van der Waals surface area contributed by atoms with Crippen molar-refractivity contribution in [3.05, 3.63) is 24.5 Å². The Balaban J connectivity index is 0.000000187. The zero-order chi connectivity index (χ0) is 8.74. The Bertz CT molecular complexity index is 218. The summed E-state index contributed by atoms with van der Waals surface area (Å²) in [5, 5.41) is 0. The van der Waals surface area contributed by atoms with Crippen molar-refractivity contribution in [3.63, 3.8) is 0 Å². The number of hydrogen-bond donors (Lipinski definition) is 2. The molecule has 0 radical (unpaired) electrons. The van der Waals surface area contributed by atoms with Gasteiger partial charge in [-0.2, -0.15) is 8.42 Å². The maximum atomic E-state index is 8.74. The molecule has 0 spiro atoms. The van der Waals surface area contributed by atoms with Gasteiger partial charge in [-0.25, -0.2) is 0 Å². The lowest BCUT2D eigenvalue weighted by Gasteiger charge is -1.94. The van der Waals surface area contributed by atoms with E-state index >= 15 is 0 Å². The molecule has 0 saturated heterocycles. The first kappa shape index (κ1) is 10.2. The van der Waals surface area contributed by atoms with E-state index in [4.69, 9.17) is 22.3 Å². The summed E-state index contributed by atoms with van der Waals surface area (Å²) in [5.41, 5.74) is 0. The van der Waals surface area contributed by atoms with E-state index in [9.17, 15) is 0 Å². The third kappa shape index (κ3) is 17.6. The molecule has 0 fully saturated rings. The van der Waals surface area contributed by atoms with E-state index in [0.717, 1.165) is 6.61 Å². The van der Waals surface area contributed by atoms with Gasteiger partial charge in [0.15, 0.2) is 0 Å². The predicted molar refractivity (Wildman–Crippen MR) is 38.4 cm³/mol. The molecule has 0 bridgehead atoms. The molecule has 64 valence electrons. The van der Waals surface area contributed by atoms with E-state index in [1.54, 1.807) is 6.26 Å². The Morgan fingerprint density at radius 2 is 1.82 bits per heavy atom. The van der Waals surface area contributed by atoms with Crippen LogP contribution in [0.4, 0.5) is 0 Å². The first-order valence-corrected chi connectivity index (χ1v) is 4.03. The highest BCUT2D eigenvalue weighted by molar-refractivity contribution is 7.79. The van der Waals surface area contributed by atoms with E-state index in [0.29, 0.717) is 0 Å². The van der Waals surface area contributed by atoms with Gasteiger partial charge >= 0.3 is 10.4 Å². The molecule has 0 amide bonds. The fourth-order valence-corrected chi connectivity index (χ4v) is 0.346. The van der Waals surface area contributed by atoms with Crippen LogP contribution in [-0.4, -0.2) is 24.1 Å². The monoisotopic (exact) mass is 180 g/mol. The van der Waals surface area contributed by atoms with Crippen molar-refractivity contribution in [3.8, 4) is 0 Å². The molecule has 0 aromatic rings. The molecule has 1 rings (SSSR count). The minimum atomic E-state index is -4.67. The minimum Gasteiger partial charge on any atom is -0.497 e. The highest BCUT2D eigenvalue weighted by atomic mass is 32.3. The molecule has 5 nitrogen and oxygen atoms in total. The van der Waals surface area contributed by atoms with Gasteiger partial charge in [-0.15, -0.1) is 0 Å². The van der Waals surface area contributed by atoms with Gasteiger partial charge in [0.05, 0.1) is 6.26 Å². The lowest BCUT2D eigenvalue weighted by molar-refractivity contribution is 0.286. The van der Waals surface area contributed by atoms with Gasteiger partial charge in [-0.3, -0.25) is 9.11 Å². The summed E-state index contributed by atoms with van der Waals surface area (Å²) in [4.78, 5) is 0. The standard InChI is InChI=1S/C5H6O.H2O4S/c1-2-4-6-5-3-1;1-5(2,3)4/h1-4H,5H2;(H2,1,2,3,4). The quantitative estimate of drug-likeness (QED) is 0.528. The second kappa shape index (κ2) is 4.89. The first-order valence-electron chi connectivity index (χ1n) is 2.63. The van der Waals surface area contributed by atoms with Gasteiger partial charge < -0.3 is 4.74 Å². The molecule has 1 aliphatic rings. The van der Waals surface area contributed by atoms with Crippen molar-refractivity contribution >= 4 is 10.4 Å². The lowest BCUT2D eigenvalue weighted by Crippen LogP contribution is -1.89. The third-order valence-corrected chi connectivity index (χ3v) is 0.614. The predicted octanol–water partition coefficient (Wildman–Crippen LogP) is 0.434. The van der Waals surface area contributed by atoms with Crippen LogP contribution in [0.1, 0.15) is 0 Å². The average molecular weight is 180 g/mol. The number of rotatable bonds is 0. The number of ether oxygens (including phenoxy) is 1. The van der Waals surface area contributed by atoms with Crippen molar-refractivity contribution in [2.24, 2.45) is 0 Å². The molecule has 0 aromatic heterocycles. The van der Waals surface area contributed by atoms with Crippen LogP contribution in [0.25, 0.3) is 0 Å². The minimum absolute atomic E-state index is 0.733.